The van der Waals surface area contributed by atoms with Crippen LogP contribution in [0.4, 0.5) is 5.69 Å². The van der Waals surface area contributed by atoms with Gasteiger partial charge >= 0.3 is 0 Å². The van der Waals surface area contributed by atoms with Crippen molar-refractivity contribution in [2.75, 3.05) is 45.7 Å². The molecule has 0 atom stereocenters. The second-order valence-corrected chi connectivity index (χ2v) is 5.32. The molecule has 2 rings (SSSR count). The number of carbonyl (C=O) groups is 1. The van der Waals surface area contributed by atoms with Gasteiger partial charge in [0.05, 0.1) is 13.2 Å². The lowest BCUT2D eigenvalue weighted by Gasteiger charge is -2.14. The van der Waals surface area contributed by atoms with Gasteiger partial charge < -0.3 is 25.0 Å². The van der Waals surface area contributed by atoms with Crippen LogP contribution in [0.15, 0.2) is 23.2 Å². The predicted octanol–water partition coefficient (Wildman–Crippen LogP) is 1.31. The number of ether oxygens (including phenoxy) is 2. The van der Waals surface area contributed by atoms with Gasteiger partial charge in [-0.15, -0.1) is 0 Å². The van der Waals surface area contributed by atoms with Crippen LogP contribution in [-0.4, -0.2) is 57.2 Å². The summed E-state index contributed by atoms with van der Waals surface area (Å²) < 4.78 is 11.3. The molecule has 1 aromatic carbocycles. The van der Waals surface area contributed by atoms with E-state index in [0.717, 1.165) is 17.9 Å². The molecular weight excluding hydrogens is 296 g/mol. The molecule has 1 heterocycles. The zero-order valence-corrected chi connectivity index (χ0v) is 13.9. The first kappa shape index (κ1) is 16.9. The molecule has 1 amide bonds. The second kappa shape index (κ2) is 8.26. The number of nitrogens with one attached hydrogen (secondary N) is 2. The second-order valence-electron chi connectivity index (χ2n) is 5.32. The largest absolute Gasteiger partial charge is 0.490 e. The number of guanidine groups is 1. The molecule has 0 spiro atoms. The molecule has 0 aliphatic carbocycles. The normalized spacial score (nSPS) is 14.0. The van der Waals surface area contributed by atoms with Gasteiger partial charge in [-0.2, -0.15) is 0 Å². The number of hydrogen-bond donors (Lipinski definition) is 2. The highest BCUT2D eigenvalue weighted by atomic mass is 16.5. The van der Waals surface area contributed by atoms with E-state index in [2.05, 4.69) is 15.6 Å². The summed E-state index contributed by atoms with van der Waals surface area (Å²) in [5, 5.41) is 6.29. The van der Waals surface area contributed by atoms with E-state index in [1.807, 2.05) is 25.1 Å². The number of likely N-dealkylation sites (N-methyl/N-ethyl adjacent to an activating group) is 1. The number of carbonyl (C=O) groups excluding carboxylic acids is 1. The summed E-state index contributed by atoms with van der Waals surface area (Å²) >= 11 is 0. The molecule has 7 heteroatoms. The maximum Gasteiger partial charge on any atom is 0.243 e. The van der Waals surface area contributed by atoms with Crippen LogP contribution in [0, 0.1) is 0 Å². The number of nitrogens with zero attached hydrogens (tertiary/aromatic N) is 2. The Morgan fingerprint density at radius 3 is 2.70 bits per heavy atom. The highest BCUT2D eigenvalue weighted by Crippen LogP contribution is 2.32. The monoisotopic (exact) mass is 320 g/mol. The fourth-order valence-electron chi connectivity index (χ4n) is 1.97. The summed E-state index contributed by atoms with van der Waals surface area (Å²) in [5.41, 5.74) is 0.825. The lowest BCUT2D eigenvalue weighted by atomic mass is 10.3. The van der Waals surface area contributed by atoms with E-state index in [1.54, 1.807) is 14.1 Å². The van der Waals surface area contributed by atoms with Gasteiger partial charge in [0.25, 0.3) is 0 Å². The molecule has 0 bridgehead atoms. The minimum Gasteiger partial charge on any atom is -0.490 e. The predicted molar refractivity (Wildman–Crippen MR) is 90.3 cm³/mol. The molecular formula is C16H24N4O3. The number of aliphatic imine (C=N–C) groups is 1. The standard InChI is InChI=1S/C16H24N4O3/c1-4-17-16(18-11-15(21)20(2)3)19-12-6-7-13-14(10-12)23-9-5-8-22-13/h6-7,10H,4-5,8-9,11H2,1-3H3,(H2,17,18,19). The molecule has 0 unspecified atom stereocenters. The Bertz CT molecular complexity index is 572. The molecule has 0 radical (unpaired) electrons. The molecule has 0 saturated heterocycles. The van der Waals surface area contributed by atoms with Crippen molar-refractivity contribution in [1.82, 2.24) is 10.2 Å². The summed E-state index contributed by atoms with van der Waals surface area (Å²) in [6.07, 6.45) is 0.869. The number of fused-ring (bicyclic) bond motifs is 1. The van der Waals surface area contributed by atoms with Crippen molar-refractivity contribution >= 4 is 17.6 Å². The van der Waals surface area contributed by atoms with E-state index < -0.39 is 0 Å². The Kier molecular flexibility index (Phi) is 6.08. The van der Waals surface area contributed by atoms with Gasteiger partial charge in [0.1, 0.15) is 6.54 Å². The van der Waals surface area contributed by atoms with Gasteiger partial charge in [-0.25, -0.2) is 4.99 Å². The van der Waals surface area contributed by atoms with Gasteiger partial charge in [-0.3, -0.25) is 4.79 Å². The molecule has 0 aromatic heterocycles. The highest BCUT2D eigenvalue weighted by Gasteiger charge is 2.11. The Morgan fingerprint density at radius 1 is 1.26 bits per heavy atom. The first-order chi connectivity index (χ1) is 11.1. The van der Waals surface area contributed by atoms with Gasteiger partial charge in [-0.1, -0.05) is 0 Å². The van der Waals surface area contributed by atoms with Crippen LogP contribution in [-0.2, 0) is 4.79 Å². The lowest BCUT2D eigenvalue weighted by Crippen LogP contribution is -2.32. The average molecular weight is 320 g/mol. The Hall–Kier alpha value is -2.44. The molecule has 1 aliphatic heterocycles. The Labute approximate surface area is 136 Å². The van der Waals surface area contributed by atoms with Crippen molar-refractivity contribution in [1.29, 1.82) is 0 Å². The maximum atomic E-state index is 11.7. The zero-order valence-electron chi connectivity index (χ0n) is 13.9. The molecule has 1 aliphatic rings. The van der Waals surface area contributed by atoms with Crippen LogP contribution in [0.25, 0.3) is 0 Å². The number of anilines is 1. The highest BCUT2D eigenvalue weighted by molar-refractivity contribution is 5.95. The third-order valence-electron chi connectivity index (χ3n) is 3.23. The third-order valence-corrected chi connectivity index (χ3v) is 3.23. The minimum absolute atomic E-state index is 0.0548. The third kappa shape index (κ3) is 5.05. The first-order valence-corrected chi connectivity index (χ1v) is 7.75. The topological polar surface area (TPSA) is 75.2 Å². The van der Waals surface area contributed by atoms with Crippen LogP contribution in [0.1, 0.15) is 13.3 Å². The van der Waals surface area contributed by atoms with Crippen molar-refractivity contribution in [3.05, 3.63) is 18.2 Å². The molecule has 2 N–H and O–H groups in total. The number of rotatable bonds is 4. The van der Waals surface area contributed by atoms with Crippen LogP contribution in [0.3, 0.4) is 0 Å². The quantitative estimate of drug-likeness (QED) is 0.646. The fraction of sp³-hybridized carbons (Fsp3) is 0.500. The van der Waals surface area contributed by atoms with E-state index >= 15 is 0 Å². The van der Waals surface area contributed by atoms with E-state index in [-0.39, 0.29) is 12.5 Å². The Balaban J connectivity index is 2.08. The Morgan fingerprint density at radius 2 is 2.00 bits per heavy atom. The van der Waals surface area contributed by atoms with Crippen molar-refractivity contribution in [3.63, 3.8) is 0 Å². The van der Waals surface area contributed by atoms with Crippen molar-refractivity contribution < 1.29 is 14.3 Å². The van der Waals surface area contributed by atoms with Crippen LogP contribution >= 0.6 is 0 Å². The van der Waals surface area contributed by atoms with Crippen LogP contribution in [0.5, 0.6) is 11.5 Å². The first-order valence-electron chi connectivity index (χ1n) is 7.75. The molecule has 1 aromatic rings. The van der Waals surface area contributed by atoms with Gasteiger partial charge in [0.2, 0.25) is 5.91 Å². The lowest BCUT2D eigenvalue weighted by molar-refractivity contribution is -0.127. The van der Waals surface area contributed by atoms with Crippen molar-refractivity contribution in [2.45, 2.75) is 13.3 Å². The zero-order chi connectivity index (χ0) is 16.7. The fourth-order valence-corrected chi connectivity index (χ4v) is 1.97. The number of hydrogen-bond acceptors (Lipinski definition) is 4. The molecule has 0 saturated carbocycles. The van der Waals surface area contributed by atoms with Crippen molar-refractivity contribution in [3.8, 4) is 11.5 Å². The summed E-state index contributed by atoms with van der Waals surface area (Å²) in [5.74, 6) is 1.96. The van der Waals surface area contributed by atoms with Crippen LogP contribution in [0.2, 0.25) is 0 Å². The van der Waals surface area contributed by atoms with Crippen molar-refractivity contribution in [2.24, 2.45) is 4.99 Å². The summed E-state index contributed by atoms with van der Waals surface area (Å²) in [4.78, 5) is 17.5. The molecule has 7 nitrogen and oxygen atoms in total. The van der Waals surface area contributed by atoms with Gasteiger partial charge in [0, 0.05) is 38.8 Å². The smallest absolute Gasteiger partial charge is 0.243 e. The average Bonchev–Trinajstić information content (AvgIpc) is 2.77. The summed E-state index contributed by atoms with van der Waals surface area (Å²) in [6, 6.07) is 5.65. The van der Waals surface area contributed by atoms with Gasteiger partial charge in [-0.05, 0) is 19.1 Å². The molecule has 23 heavy (non-hydrogen) atoms. The maximum absolute atomic E-state index is 11.7. The van der Waals surface area contributed by atoms with E-state index in [1.165, 1.54) is 4.90 Å². The SMILES string of the molecule is CCNC(=NCC(=O)N(C)C)Nc1ccc2c(c1)OCCCO2. The number of amides is 1. The van der Waals surface area contributed by atoms with E-state index in [4.69, 9.17) is 9.47 Å². The van der Waals surface area contributed by atoms with E-state index in [9.17, 15) is 4.79 Å². The summed E-state index contributed by atoms with van der Waals surface area (Å²) in [7, 11) is 3.42. The molecule has 126 valence electrons. The van der Waals surface area contributed by atoms with Gasteiger partial charge in [0.15, 0.2) is 17.5 Å². The minimum atomic E-state index is -0.0548. The number of benzene rings is 1. The molecule has 0 fully saturated rings. The summed E-state index contributed by atoms with van der Waals surface area (Å²) in [6.45, 7) is 4.07. The van der Waals surface area contributed by atoms with Crippen LogP contribution < -0.4 is 20.1 Å². The van der Waals surface area contributed by atoms with E-state index in [0.29, 0.717) is 31.5 Å².